The molecule has 0 spiro atoms. The van der Waals surface area contributed by atoms with Gasteiger partial charge in [0.2, 0.25) is 0 Å². The van der Waals surface area contributed by atoms with Crippen molar-refractivity contribution in [3.8, 4) is 0 Å². The van der Waals surface area contributed by atoms with Crippen LogP contribution in [0.15, 0.2) is 0 Å². The van der Waals surface area contributed by atoms with Crippen molar-refractivity contribution in [1.29, 1.82) is 0 Å². The van der Waals surface area contributed by atoms with Gasteiger partial charge in [0.05, 0.1) is 0 Å². The van der Waals surface area contributed by atoms with Gasteiger partial charge in [-0.3, -0.25) is 0 Å². The number of hydrogen-bond acceptors (Lipinski definition) is 12. The quantitative estimate of drug-likeness (QED) is 0.189. The van der Waals surface area contributed by atoms with Crippen LogP contribution in [0.2, 0.25) is 0 Å². The van der Waals surface area contributed by atoms with E-state index < -0.39 is 35.9 Å². The molecule has 0 unspecified atom stereocenters. The summed E-state index contributed by atoms with van der Waals surface area (Å²) in [6, 6.07) is 0. The van der Waals surface area contributed by atoms with Gasteiger partial charge in [-0.25, -0.2) is 0 Å². The van der Waals surface area contributed by atoms with E-state index in [1.54, 1.807) is 0 Å². The van der Waals surface area contributed by atoms with Gasteiger partial charge in [-0.2, -0.15) is 0 Å². The maximum atomic E-state index is 10.5. The molecule has 0 aliphatic rings. The SMILES string of the molecule is O=[N+]([O-])[Rh-3]([N+](=O)[O-])([N+](=O)[O-])([N+](=O)[O-])([N+](=O)[O-])[N+](=O)[O-].[K+].[K+].[K+]. The van der Waals surface area contributed by atoms with Crippen molar-refractivity contribution in [3.63, 3.8) is 0 Å². The average Bonchev–Trinajstić information content (AvgIpc) is 2.15. The van der Waals surface area contributed by atoms with Crippen LogP contribution < -0.4 is 154 Å². The molecule has 0 amide bonds. The molecule has 0 aromatic rings. The standard InChI is InChI=1S/3K.6NO2.Rh/c;;;6*2-1-3;/q3*+1;;;;;;;-3. The van der Waals surface area contributed by atoms with Gasteiger partial charge in [-0.15, -0.1) is 0 Å². The van der Waals surface area contributed by atoms with Crippen molar-refractivity contribution in [2.45, 2.75) is 0 Å². The van der Waals surface area contributed by atoms with Gasteiger partial charge < -0.3 is 0 Å². The Morgan fingerprint density at radius 1 is 0.409 bits per heavy atom. The fourth-order valence-electron chi connectivity index (χ4n) is 0.667. The Labute approximate surface area is 244 Å². The third-order valence-electron chi connectivity index (χ3n) is 1.63. The van der Waals surface area contributed by atoms with Crippen molar-refractivity contribution < 1.29 is 190 Å². The Morgan fingerprint density at radius 3 is 0.500 bits per heavy atom. The van der Waals surface area contributed by atoms with Gasteiger partial charge in [0.15, 0.2) is 0 Å². The van der Waals surface area contributed by atoms with Crippen molar-refractivity contribution in [2.75, 3.05) is 0 Å². The molecule has 0 radical (unpaired) electrons. The molecule has 18 nitrogen and oxygen atoms in total. The van der Waals surface area contributed by atoms with Crippen LogP contribution in [0.4, 0.5) is 0 Å². The fourth-order valence-corrected chi connectivity index (χ4v) is 3.94. The van der Waals surface area contributed by atoms with Crippen LogP contribution in [0, 0.1) is 60.7 Å². The second kappa shape index (κ2) is 9.04. The average molecular weight is 496 g/mol. The molecule has 0 aliphatic carbocycles. The predicted molar refractivity (Wildman–Crippen MR) is 42.0 cm³/mol. The van der Waals surface area contributed by atoms with Gasteiger partial charge in [0.1, 0.15) is 0 Å². The zero-order valence-electron chi connectivity index (χ0n) is 10.9. The monoisotopic (exact) mass is 496 g/mol. The summed E-state index contributed by atoms with van der Waals surface area (Å²) in [7, 11) is 0. The first-order chi connectivity index (χ1) is 8.34. The summed E-state index contributed by atoms with van der Waals surface area (Å²) in [5.74, 6) is 0. The molecule has 22 heteroatoms. The first kappa shape index (κ1) is 31.7. The van der Waals surface area contributed by atoms with Gasteiger partial charge >= 0.3 is 251 Å². The molecular formula is K3N6O12Rh. The van der Waals surface area contributed by atoms with Crippen LogP contribution in [0.1, 0.15) is 0 Å². The van der Waals surface area contributed by atoms with Gasteiger partial charge in [0, 0.05) is 0 Å². The van der Waals surface area contributed by atoms with Crippen LogP contribution in [-0.4, -0.2) is 22.0 Å². The molecule has 0 bridgehead atoms. The molecular weight excluding hydrogens is 496 g/mol. The van der Waals surface area contributed by atoms with Crippen LogP contribution in [0.25, 0.3) is 0 Å². The number of nitro groups is 6. The molecule has 0 atom stereocenters. The van der Waals surface area contributed by atoms with E-state index in [9.17, 15) is 60.7 Å². The van der Waals surface area contributed by atoms with Crippen molar-refractivity contribution >= 4 is 0 Å². The smallest absolute Gasteiger partial charge is 1.00 e. The second-order valence-corrected chi connectivity index (χ2v) is 10.7. The first-order valence-corrected chi connectivity index (χ1v) is 7.48. The van der Waals surface area contributed by atoms with Gasteiger partial charge in [0.25, 0.3) is 0 Å². The predicted octanol–water partition coefficient (Wildman–Crippen LogP) is -10.6. The van der Waals surface area contributed by atoms with Crippen LogP contribution in [-0.2, 0) is 13.9 Å². The molecule has 0 saturated heterocycles. The molecule has 22 heavy (non-hydrogen) atoms. The molecule has 114 valence electrons. The summed E-state index contributed by atoms with van der Waals surface area (Å²) in [6.45, 7) is 0. The zero-order chi connectivity index (χ0) is 15.9. The Morgan fingerprint density at radius 2 is 0.500 bits per heavy atom. The maximum Gasteiger partial charge on any atom is 1.00 e. The van der Waals surface area contributed by atoms with E-state index in [2.05, 4.69) is 0 Å². The van der Waals surface area contributed by atoms with Crippen molar-refractivity contribution in [2.24, 2.45) is 0 Å². The second-order valence-electron chi connectivity index (χ2n) is 2.18. The van der Waals surface area contributed by atoms with E-state index in [4.69, 9.17) is 0 Å². The minimum absolute atomic E-state index is 0. The third kappa shape index (κ3) is 2.51. The van der Waals surface area contributed by atoms with E-state index in [1.165, 1.54) is 0 Å². The van der Waals surface area contributed by atoms with Crippen LogP contribution in [0.5, 0.6) is 0 Å². The third-order valence-corrected chi connectivity index (χ3v) is 9.66. The molecule has 0 heterocycles. The minimum atomic E-state index is -10.8. The normalized spacial score (nSPS) is 12.5. The molecule has 0 aromatic carbocycles. The number of nitrogens with zero attached hydrogens (tertiary/aromatic N) is 6. The fraction of sp³-hybridized carbons (Fsp3) is 0. The van der Waals surface area contributed by atoms with Crippen LogP contribution in [0.3, 0.4) is 0 Å². The van der Waals surface area contributed by atoms with E-state index >= 15 is 0 Å². The molecule has 0 fully saturated rings. The summed E-state index contributed by atoms with van der Waals surface area (Å²) >= 11 is -10.8. The summed E-state index contributed by atoms with van der Waals surface area (Å²) in [5, 5.41) is 63.3. The molecule has 0 N–H and O–H groups in total. The number of hydrogen-bond donors (Lipinski definition) is 0. The topological polar surface area (TPSA) is 259 Å². The largest absolute Gasteiger partial charge is 1.00 e. The summed E-state index contributed by atoms with van der Waals surface area (Å²) < 4.78 is -19.4. The molecule has 0 aromatic heterocycles. The first-order valence-electron chi connectivity index (χ1n) is 3.09. The summed E-state index contributed by atoms with van der Waals surface area (Å²) in [4.78, 5) is 63.3. The molecule has 0 rings (SSSR count). The van der Waals surface area contributed by atoms with Gasteiger partial charge in [-0.05, 0) is 0 Å². The van der Waals surface area contributed by atoms with Crippen molar-refractivity contribution in [1.82, 2.24) is 0 Å². The van der Waals surface area contributed by atoms with Crippen molar-refractivity contribution in [3.05, 3.63) is 60.7 Å². The zero-order valence-corrected chi connectivity index (χ0v) is 21.9. The summed E-state index contributed by atoms with van der Waals surface area (Å²) in [6.07, 6.45) is 0. The van der Waals surface area contributed by atoms with Crippen LogP contribution >= 0.6 is 0 Å². The Hall–Kier alpha value is 1.93. The minimum Gasteiger partial charge on any atom is 1.00 e. The Kier molecular flexibility index (Phi) is 13.0. The molecule has 0 aliphatic heterocycles. The Bertz CT molecular complexity index is 438. The van der Waals surface area contributed by atoms with Gasteiger partial charge in [-0.1, -0.05) is 0 Å². The number of rotatable bonds is 6. The van der Waals surface area contributed by atoms with E-state index in [0.717, 1.165) is 0 Å². The van der Waals surface area contributed by atoms with E-state index in [0.29, 0.717) is 0 Å². The maximum absolute atomic E-state index is 10.8. The summed E-state index contributed by atoms with van der Waals surface area (Å²) in [5.41, 5.74) is 0. The molecule has 0 saturated carbocycles. The van der Waals surface area contributed by atoms with E-state index in [-0.39, 0.29) is 154 Å². The Balaban J connectivity index is -0.000000540. The van der Waals surface area contributed by atoms with E-state index in [1.807, 2.05) is 0 Å².